The first-order chi connectivity index (χ1) is 8.61. The number of nitrogens with one attached hydrogen (secondary N) is 1. The van der Waals surface area contributed by atoms with E-state index in [1.807, 2.05) is 34.5 Å². The van der Waals surface area contributed by atoms with E-state index in [9.17, 15) is 9.18 Å². The Kier molecular flexibility index (Phi) is 6.49. The zero-order valence-electron chi connectivity index (χ0n) is 10.7. The molecular weight excluding hydrogens is 382 g/mol. The molecule has 1 heterocycles. The number of rotatable bonds is 3. The summed E-state index contributed by atoms with van der Waals surface area (Å²) < 4.78 is 14.0. The van der Waals surface area contributed by atoms with Crippen molar-refractivity contribution in [2.24, 2.45) is 5.92 Å². The number of nitrogens with zero attached hydrogens (tertiary/aromatic N) is 1. The van der Waals surface area contributed by atoms with Crippen molar-refractivity contribution in [1.82, 2.24) is 10.2 Å². The maximum absolute atomic E-state index is 13.4. The molecule has 3 nitrogen and oxygen atoms in total. The summed E-state index contributed by atoms with van der Waals surface area (Å²) in [5, 5.41) is 3.13. The molecule has 0 spiro atoms. The highest BCUT2D eigenvalue weighted by Crippen LogP contribution is 2.19. The average Bonchev–Trinajstić information content (AvgIpc) is 2.81. The molecule has 1 N–H and O–H groups in total. The summed E-state index contributed by atoms with van der Waals surface area (Å²) in [5.74, 6) is 0.115. The highest BCUT2D eigenvalue weighted by molar-refractivity contribution is 14.1. The predicted molar refractivity (Wildman–Crippen MR) is 84.3 cm³/mol. The molecule has 0 bridgehead atoms. The van der Waals surface area contributed by atoms with Gasteiger partial charge in [-0.3, -0.25) is 4.79 Å². The summed E-state index contributed by atoms with van der Waals surface area (Å²) in [5.41, 5.74) is 0.443. The van der Waals surface area contributed by atoms with Gasteiger partial charge in [0.1, 0.15) is 5.82 Å². The first-order valence-electron chi connectivity index (χ1n) is 6.00. The van der Waals surface area contributed by atoms with Gasteiger partial charge in [-0.25, -0.2) is 4.39 Å². The fraction of sp³-hybridized carbons (Fsp3) is 0.462. The van der Waals surface area contributed by atoms with Crippen molar-refractivity contribution in [3.63, 3.8) is 0 Å². The molecular formula is C13H17ClFIN2O. The Morgan fingerprint density at radius 3 is 2.95 bits per heavy atom. The Hall–Kier alpha value is -0.400. The molecule has 106 valence electrons. The Labute approximate surface area is 132 Å². The summed E-state index contributed by atoms with van der Waals surface area (Å²) in [6.45, 7) is 2.44. The van der Waals surface area contributed by atoms with E-state index < -0.39 is 0 Å². The molecule has 1 aromatic carbocycles. The van der Waals surface area contributed by atoms with Crippen molar-refractivity contribution in [3.8, 4) is 0 Å². The van der Waals surface area contributed by atoms with Crippen LogP contribution in [0.2, 0.25) is 0 Å². The number of hydrogen-bond donors (Lipinski definition) is 1. The van der Waals surface area contributed by atoms with Gasteiger partial charge in [0.25, 0.3) is 5.91 Å². The molecule has 1 unspecified atom stereocenters. The molecule has 0 radical (unpaired) electrons. The van der Waals surface area contributed by atoms with E-state index in [0.717, 1.165) is 26.1 Å². The van der Waals surface area contributed by atoms with Crippen LogP contribution < -0.4 is 5.32 Å². The predicted octanol–water partition coefficient (Wildman–Crippen LogP) is 2.53. The van der Waals surface area contributed by atoms with Crippen LogP contribution >= 0.6 is 35.0 Å². The van der Waals surface area contributed by atoms with Crippen LogP contribution in [-0.2, 0) is 0 Å². The Morgan fingerprint density at radius 2 is 2.32 bits per heavy atom. The lowest BCUT2D eigenvalue weighted by Gasteiger charge is -2.16. The first kappa shape index (κ1) is 16.7. The van der Waals surface area contributed by atoms with Gasteiger partial charge in [0.15, 0.2) is 0 Å². The third-order valence-electron chi connectivity index (χ3n) is 3.23. The molecule has 19 heavy (non-hydrogen) atoms. The highest BCUT2D eigenvalue weighted by atomic mass is 127. The lowest BCUT2D eigenvalue weighted by atomic mass is 10.1. The number of likely N-dealkylation sites (tertiary alicyclic amines) is 1. The maximum atomic E-state index is 13.4. The third kappa shape index (κ3) is 4.03. The highest BCUT2D eigenvalue weighted by Gasteiger charge is 2.26. The van der Waals surface area contributed by atoms with Crippen LogP contribution in [0.1, 0.15) is 16.8 Å². The van der Waals surface area contributed by atoms with Gasteiger partial charge in [0.05, 0.1) is 0 Å². The molecule has 1 aliphatic rings. The second kappa shape index (κ2) is 7.40. The van der Waals surface area contributed by atoms with Crippen LogP contribution in [0, 0.1) is 15.3 Å². The number of carbonyl (C=O) groups is 1. The van der Waals surface area contributed by atoms with E-state index in [1.165, 1.54) is 6.07 Å². The second-order valence-corrected chi connectivity index (χ2v) is 5.75. The van der Waals surface area contributed by atoms with Gasteiger partial charge in [-0.15, -0.1) is 12.4 Å². The Bertz CT molecular complexity index is 458. The van der Waals surface area contributed by atoms with Crippen molar-refractivity contribution >= 4 is 40.9 Å². The van der Waals surface area contributed by atoms with Gasteiger partial charge in [0.2, 0.25) is 0 Å². The van der Waals surface area contributed by atoms with E-state index >= 15 is 0 Å². The number of benzene rings is 1. The topological polar surface area (TPSA) is 32.3 Å². The van der Waals surface area contributed by atoms with E-state index in [2.05, 4.69) is 5.32 Å². The molecule has 0 aliphatic carbocycles. The van der Waals surface area contributed by atoms with Gasteiger partial charge in [-0.05, 0) is 66.7 Å². The number of hydrogen-bond acceptors (Lipinski definition) is 2. The normalized spacial score (nSPS) is 18.3. The van der Waals surface area contributed by atoms with Crippen LogP contribution in [-0.4, -0.2) is 37.5 Å². The average molecular weight is 399 g/mol. The molecule has 6 heteroatoms. The van der Waals surface area contributed by atoms with Crippen molar-refractivity contribution in [3.05, 3.63) is 33.1 Å². The standard InChI is InChI=1S/C13H16FIN2O.ClH/c1-16-7-9-4-5-17(8-9)13(18)10-2-3-12(15)11(14)6-10;/h2-3,6,9,16H,4-5,7-8H2,1H3;1H. The maximum Gasteiger partial charge on any atom is 0.253 e. The molecule has 0 saturated carbocycles. The molecule has 1 atom stereocenters. The van der Waals surface area contributed by atoms with Gasteiger partial charge < -0.3 is 10.2 Å². The Morgan fingerprint density at radius 1 is 1.58 bits per heavy atom. The lowest BCUT2D eigenvalue weighted by molar-refractivity contribution is 0.0786. The largest absolute Gasteiger partial charge is 0.338 e. The smallest absolute Gasteiger partial charge is 0.253 e. The molecule has 1 aliphatic heterocycles. The molecule has 1 aromatic rings. The molecule has 0 aromatic heterocycles. The zero-order chi connectivity index (χ0) is 13.1. The quantitative estimate of drug-likeness (QED) is 0.794. The van der Waals surface area contributed by atoms with Gasteiger partial charge in [0, 0.05) is 22.2 Å². The minimum Gasteiger partial charge on any atom is -0.338 e. The summed E-state index contributed by atoms with van der Waals surface area (Å²) in [6, 6.07) is 4.67. The minimum atomic E-state index is -0.326. The fourth-order valence-corrected chi connectivity index (χ4v) is 2.62. The number of halogens is 3. The van der Waals surface area contributed by atoms with Crippen molar-refractivity contribution in [2.75, 3.05) is 26.7 Å². The van der Waals surface area contributed by atoms with Crippen molar-refractivity contribution in [2.45, 2.75) is 6.42 Å². The molecule has 1 fully saturated rings. The summed E-state index contributed by atoms with van der Waals surface area (Å²) in [7, 11) is 1.92. The fourth-order valence-electron chi connectivity index (χ4n) is 2.28. The molecule has 1 amide bonds. The van der Waals surface area contributed by atoms with E-state index in [1.54, 1.807) is 12.1 Å². The van der Waals surface area contributed by atoms with Crippen molar-refractivity contribution < 1.29 is 9.18 Å². The summed E-state index contributed by atoms with van der Waals surface area (Å²) in [6.07, 6.45) is 1.01. The second-order valence-electron chi connectivity index (χ2n) is 4.59. The number of amides is 1. The SMILES string of the molecule is CNCC1CCN(C(=O)c2ccc(I)c(F)c2)C1.Cl. The zero-order valence-corrected chi connectivity index (χ0v) is 13.6. The molecule has 2 rings (SSSR count). The van der Waals surface area contributed by atoms with Crippen LogP contribution in [0.15, 0.2) is 18.2 Å². The Balaban J connectivity index is 0.00000180. The van der Waals surface area contributed by atoms with Gasteiger partial charge in [-0.2, -0.15) is 0 Å². The van der Waals surface area contributed by atoms with Crippen LogP contribution in [0.3, 0.4) is 0 Å². The molecule has 1 saturated heterocycles. The summed E-state index contributed by atoms with van der Waals surface area (Å²) >= 11 is 1.92. The van der Waals surface area contributed by atoms with E-state index in [0.29, 0.717) is 15.1 Å². The van der Waals surface area contributed by atoms with Crippen LogP contribution in [0.4, 0.5) is 4.39 Å². The number of carbonyl (C=O) groups excluding carboxylic acids is 1. The van der Waals surface area contributed by atoms with E-state index in [4.69, 9.17) is 0 Å². The van der Waals surface area contributed by atoms with Gasteiger partial charge >= 0.3 is 0 Å². The first-order valence-corrected chi connectivity index (χ1v) is 7.08. The summed E-state index contributed by atoms with van der Waals surface area (Å²) in [4.78, 5) is 14.0. The third-order valence-corrected chi connectivity index (χ3v) is 4.11. The van der Waals surface area contributed by atoms with Crippen molar-refractivity contribution in [1.29, 1.82) is 0 Å². The van der Waals surface area contributed by atoms with E-state index in [-0.39, 0.29) is 24.1 Å². The lowest BCUT2D eigenvalue weighted by Crippen LogP contribution is -2.30. The van der Waals surface area contributed by atoms with Crippen LogP contribution in [0.5, 0.6) is 0 Å². The monoisotopic (exact) mass is 398 g/mol. The minimum absolute atomic E-state index is 0. The van der Waals surface area contributed by atoms with Gasteiger partial charge in [-0.1, -0.05) is 0 Å². The van der Waals surface area contributed by atoms with Crippen LogP contribution in [0.25, 0.3) is 0 Å².